The molecule has 3 aromatic rings. The van der Waals surface area contributed by atoms with Crippen molar-refractivity contribution in [1.82, 2.24) is 0 Å². The molecule has 0 heterocycles. The zero-order valence-corrected chi connectivity index (χ0v) is 16.0. The SMILES string of the molecule is O=C(OCc1cccc(Cl)c1)c1cccc(COCc2cccc(Cl)c2)c1. The first-order chi connectivity index (χ1) is 13.1. The van der Waals surface area contributed by atoms with Gasteiger partial charge in [0, 0.05) is 10.0 Å². The van der Waals surface area contributed by atoms with Crippen LogP contribution in [0.2, 0.25) is 10.0 Å². The van der Waals surface area contributed by atoms with Crippen molar-refractivity contribution in [3.05, 3.63) is 105 Å². The van der Waals surface area contributed by atoms with Crippen LogP contribution in [-0.2, 0) is 29.3 Å². The molecule has 3 rings (SSSR count). The van der Waals surface area contributed by atoms with E-state index in [1.807, 2.05) is 48.5 Å². The van der Waals surface area contributed by atoms with E-state index in [4.69, 9.17) is 32.7 Å². The van der Waals surface area contributed by atoms with Crippen LogP contribution in [0.15, 0.2) is 72.8 Å². The fraction of sp³-hybridized carbons (Fsp3) is 0.136. The molecule has 0 atom stereocenters. The van der Waals surface area contributed by atoms with Gasteiger partial charge in [0.2, 0.25) is 0 Å². The predicted molar refractivity (Wildman–Crippen MR) is 107 cm³/mol. The molecule has 0 bridgehead atoms. The topological polar surface area (TPSA) is 35.5 Å². The van der Waals surface area contributed by atoms with Crippen LogP contribution in [0.25, 0.3) is 0 Å². The summed E-state index contributed by atoms with van der Waals surface area (Å²) in [7, 11) is 0. The molecule has 3 nitrogen and oxygen atoms in total. The maximum atomic E-state index is 12.3. The van der Waals surface area contributed by atoms with Crippen LogP contribution >= 0.6 is 23.2 Å². The zero-order chi connectivity index (χ0) is 19.1. The van der Waals surface area contributed by atoms with Crippen LogP contribution < -0.4 is 0 Å². The quantitative estimate of drug-likeness (QED) is 0.451. The van der Waals surface area contributed by atoms with Crippen molar-refractivity contribution in [1.29, 1.82) is 0 Å². The summed E-state index contributed by atoms with van der Waals surface area (Å²) in [5, 5.41) is 1.29. The Morgan fingerprint density at radius 1 is 0.704 bits per heavy atom. The highest BCUT2D eigenvalue weighted by Crippen LogP contribution is 2.15. The maximum absolute atomic E-state index is 12.3. The third kappa shape index (κ3) is 6.10. The molecular formula is C22H18Cl2O3. The van der Waals surface area contributed by atoms with Crippen molar-refractivity contribution in [2.45, 2.75) is 19.8 Å². The van der Waals surface area contributed by atoms with Gasteiger partial charge < -0.3 is 9.47 Å². The highest BCUT2D eigenvalue weighted by atomic mass is 35.5. The molecule has 0 radical (unpaired) electrons. The van der Waals surface area contributed by atoms with E-state index in [1.165, 1.54) is 0 Å². The molecule has 0 aromatic heterocycles. The van der Waals surface area contributed by atoms with Crippen molar-refractivity contribution >= 4 is 29.2 Å². The van der Waals surface area contributed by atoms with Gasteiger partial charge in [-0.15, -0.1) is 0 Å². The number of carbonyl (C=O) groups is 1. The van der Waals surface area contributed by atoms with Gasteiger partial charge in [-0.3, -0.25) is 0 Å². The Labute approximate surface area is 168 Å². The summed E-state index contributed by atoms with van der Waals surface area (Å²) in [6.45, 7) is 1.01. The molecule has 138 valence electrons. The molecule has 0 fully saturated rings. The van der Waals surface area contributed by atoms with Gasteiger partial charge in [-0.1, -0.05) is 59.6 Å². The first-order valence-corrected chi connectivity index (χ1v) is 9.18. The van der Waals surface area contributed by atoms with Crippen molar-refractivity contribution in [2.24, 2.45) is 0 Å². The monoisotopic (exact) mass is 400 g/mol. The fourth-order valence-electron chi connectivity index (χ4n) is 2.56. The van der Waals surface area contributed by atoms with E-state index in [2.05, 4.69) is 0 Å². The maximum Gasteiger partial charge on any atom is 0.338 e. The lowest BCUT2D eigenvalue weighted by Gasteiger charge is -2.08. The average Bonchev–Trinajstić information content (AvgIpc) is 2.66. The molecule has 0 saturated carbocycles. The summed E-state index contributed by atoms with van der Waals surface area (Å²) in [5.74, 6) is -0.383. The Morgan fingerprint density at radius 3 is 1.81 bits per heavy atom. The first-order valence-electron chi connectivity index (χ1n) is 8.43. The van der Waals surface area contributed by atoms with Crippen LogP contribution in [0.1, 0.15) is 27.0 Å². The molecule has 3 aromatic carbocycles. The zero-order valence-electron chi connectivity index (χ0n) is 14.5. The highest BCUT2D eigenvalue weighted by Gasteiger charge is 2.08. The molecule has 0 unspecified atom stereocenters. The third-order valence-corrected chi connectivity index (χ3v) is 4.32. The first kappa shape index (κ1) is 19.4. The summed E-state index contributed by atoms with van der Waals surface area (Å²) in [4.78, 5) is 12.3. The second kappa shape index (κ2) is 9.56. The van der Waals surface area contributed by atoms with E-state index in [1.54, 1.807) is 24.3 Å². The number of benzene rings is 3. The normalized spacial score (nSPS) is 10.6. The molecule has 0 aliphatic carbocycles. The number of rotatable bonds is 7. The van der Waals surface area contributed by atoms with E-state index < -0.39 is 0 Å². The van der Waals surface area contributed by atoms with E-state index in [0.29, 0.717) is 28.8 Å². The Bertz CT molecular complexity index is 925. The van der Waals surface area contributed by atoms with E-state index in [0.717, 1.165) is 16.7 Å². The minimum Gasteiger partial charge on any atom is -0.457 e. The van der Waals surface area contributed by atoms with Crippen molar-refractivity contribution in [3.8, 4) is 0 Å². The summed E-state index contributed by atoms with van der Waals surface area (Å²) < 4.78 is 11.1. The van der Waals surface area contributed by atoms with Crippen molar-refractivity contribution < 1.29 is 14.3 Å². The average molecular weight is 401 g/mol. The Morgan fingerprint density at radius 2 is 1.22 bits per heavy atom. The van der Waals surface area contributed by atoms with E-state index in [-0.39, 0.29) is 12.6 Å². The van der Waals surface area contributed by atoms with Gasteiger partial charge in [0.1, 0.15) is 6.61 Å². The minimum atomic E-state index is -0.383. The summed E-state index contributed by atoms with van der Waals surface area (Å²) in [6.07, 6.45) is 0. The Kier molecular flexibility index (Phi) is 6.88. The second-order valence-corrected chi connectivity index (χ2v) is 6.90. The second-order valence-electron chi connectivity index (χ2n) is 6.03. The molecule has 5 heteroatoms. The van der Waals surface area contributed by atoms with Crippen LogP contribution in [0.4, 0.5) is 0 Å². The van der Waals surface area contributed by atoms with Gasteiger partial charge in [-0.05, 0) is 53.1 Å². The lowest BCUT2D eigenvalue weighted by Crippen LogP contribution is -2.06. The van der Waals surface area contributed by atoms with Crippen molar-refractivity contribution in [3.63, 3.8) is 0 Å². The van der Waals surface area contributed by atoms with Gasteiger partial charge in [0.15, 0.2) is 0 Å². The number of hydrogen-bond donors (Lipinski definition) is 0. The van der Waals surface area contributed by atoms with Gasteiger partial charge in [0.05, 0.1) is 18.8 Å². The Hall–Kier alpha value is -2.33. The molecular weight excluding hydrogens is 383 g/mol. The number of ether oxygens (including phenoxy) is 2. The van der Waals surface area contributed by atoms with Crippen molar-refractivity contribution in [2.75, 3.05) is 0 Å². The van der Waals surface area contributed by atoms with Crippen LogP contribution in [0.3, 0.4) is 0 Å². The van der Waals surface area contributed by atoms with Crippen LogP contribution in [-0.4, -0.2) is 5.97 Å². The van der Waals surface area contributed by atoms with Gasteiger partial charge in [0.25, 0.3) is 0 Å². The predicted octanol–water partition coefficient (Wildman–Crippen LogP) is 6.07. The lowest BCUT2D eigenvalue weighted by molar-refractivity contribution is 0.0472. The molecule has 0 aliphatic rings. The van der Waals surface area contributed by atoms with Gasteiger partial charge in [-0.2, -0.15) is 0 Å². The number of esters is 1. The number of halogens is 2. The molecule has 0 spiro atoms. The summed E-state index contributed by atoms with van der Waals surface area (Å²) in [5.41, 5.74) is 3.23. The summed E-state index contributed by atoms with van der Waals surface area (Å²) in [6, 6.07) is 22.0. The molecule has 0 N–H and O–H groups in total. The Balaban J connectivity index is 1.53. The number of hydrogen-bond acceptors (Lipinski definition) is 3. The van der Waals surface area contributed by atoms with Crippen LogP contribution in [0.5, 0.6) is 0 Å². The van der Waals surface area contributed by atoms with Gasteiger partial charge >= 0.3 is 5.97 Å². The van der Waals surface area contributed by atoms with Gasteiger partial charge in [-0.25, -0.2) is 4.79 Å². The summed E-state index contributed by atoms with van der Waals surface area (Å²) >= 11 is 11.9. The largest absolute Gasteiger partial charge is 0.457 e. The highest BCUT2D eigenvalue weighted by molar-refractivity contribution is 6.30. The van der Waals surface area contributed by atoms with E-state index in [9.17, 15) is 4.79 Å². The standard InChI is InChI=1S/C22H18Cl2O3/c23-20-8-2-5-17(11-20)14-26-13-16-4-1-7-19(10-16)22(25)27-15-18-6-3-9-21(24)12-18/h1-12H,13-15H2. The van der Waals surface area contributed by atoms with Crippen LogP contribution in [0, 0.1) is 0 Å². The molecule has 0 saturated heterocycles. The molecule has 0 amide bonds. The third-order valence-electron chi connectivity index (χ3n) is 3.85. The lowest BCUT2D eigenvalue weighted by atomic mass is 10.1. The van der Waals surface area contributed by atoms with E-state index >= 15 is 0 Å². The molecule has 0 aliphatic heterocycles. The minimum absolute atomic E-state index is 0.175. The molecule has 27 heavy (non-hydrogen) atoms. The number of carbonyl (C=O) groups excluding carboxylic acids is 1. The smallest absolute Gasteiger partial charge is 0.338 e. The fourth-order valence-corrected chi connectivity index (χ4v) is 2.99.